The largest absolute Gasteiger partial charge is 0.444 e. The van der Waals surface area contributed by atoms with Crippen molar-refractivity contribution in [3.63, 3.8) is 0 Å². The molecule has 282 valence electrons. The molecule has 1 atom stereocenters. The van der Waals surface area contributed by atoms with Crippen LogP contribution in [0.4, 0.5) is 16.2 Å². The zero-order valence-electron chi connectivity index (χ0n) is 30.5. The molecule has 0 radical (unpaired) electrons. The predicted octanol–water partition coefficient (Wildman–Crippen LogP) is 4.50. The molecular weight excluding hydrogens is 713 g/mol. The third-order valence-electron chi connectivity index (χ3n) is 9.10. The average molecular weight is 759 g/mol. The molecule has 1 aliphatic heterocycles. The van der Waals surface area contributed by atoms with Gasteiger partial charge in [-0.15, -0.1) is 0 Å². The molecule has 5 rings (SSSR count). The van der Waals surface area contributed by atoms with Crippen molar-refractivity contribution in [1.29, 1.82) is 0 Å². The molecule has 0 bridgehead atoms. The molecule has 1 N–H and O–H groups in total. The molecular formula is C34H46N6O10SSi. The lowest BCUT2D eigenvalue weighted by Crippen LogP contribution is -2.56. The van der Waals surface area contributed by atoms with Gasteiger partial charge in [0, 0.05) is 46.3 Å². The predicted molar refractivity (Wildman–Crippen MR) is 195 cm³/mol. The number of imidazole rings is 1. The highest BCUT2D eigenvalue weighted by Crippen LogP contribution is 2.39. The Morgan fingerprint density at radius 3 is 2.38 bits per heavy atom. The van der Waals surface area contributed by atoms with Crippen molar-refractivity contribution in [3.8, 4) is 0 Å². The van der Waals surface area contributed by atoms with E-state index >= 15 is 0 Å². The van der Waals surface area contributed by atoms with Gasteiger partial charge < -0.3 is 14.8 Å². The average Bonchev–Trinajstić information content (AvgIpc) is 3.26. The number of carbonyl (C=O) groups is 3. The van der Waals surface area contributed by atoms with Gasteiger partial charge in [0.25, 0.3) is 21.6 Å². The van der Waals surface area contributed by atoms with Crippen molar-refractivity contribution in [2.24, 2.45) is 7.05 Å². The minimum absolute atomic E-state index is 0.0246. The lowest BCUT2D eigenvalue weighted by molar-refractivity contribution is -0.387. The van der Waals surface area contributed by atoms with Gasteiger partial charge in [-0.1, -0.05) is 31.8 Å². The third-order valence-corrected chi connectivity index (χ3v) is 12.7. The van der Waals surface area contributed by atoms with Crippen LogP contribution in [0, 0.1) is 10.1 Å². The first-order valence-electron chi connectivity index (χ1n) is 17.1. The molecule has 1 aliphatic carbocycles. The Morgan fingerprint density at radius 1 is 1.08 bits per heavy atom. The van der Waals surface area contributed by atoms with Gasteiger partial charge in [0.05, 0.1) is 21.6 Å². The van der Waals surface area contributed by atoms with Crippen molar-refractivity contribution >= 4 is 58.4 Å². The van der Waals surface area contributed by atoms with Crippen LogP contribution in [0.2, 0.25) is 25.7 Å². The normalized spacial score (nSPS) is 19.8. The van der Waals surface area contributed by atoms with E-state index in [2.05, 4.69) is 25.0 Å². The molecule has 2 aromatic carbocycles. The van der Waals surface area contributed by atoms with Crippen LogP contribution >= 0.6 is 0 Å². The second-order valence-electron chi connectivity index (χ2n) is 15.4. The molecule has 2 fully saturated rings. The van der Waals surface area contributed by atoms with Gasteiger partial charge in [0.15, 0.2) is 4.90 Å². The molecule has 18 heteroatoms. The van der Waals surface area contributed by atoms with Crippen molar-refractivity contribution < 1.29 is 37.2 Å². The maximum absolute atomic E-state index is 14.4. The number of sulfonamides is 1. The van der Waals surface area contributed by atoms with Crippen LogP contribution in [0.15, 0.2) is 52.2 Å². The number of carbonyl (C=O) groups excluding carboxylic acids is 3. The Kier molecular flexibility index (Phi) is 10.8. The number of aryl methyl sites for hydroxylation is 1. The number of nitrogens with one attached hydrogen (secondary N) is 1. The first kappa shape index (κ1) is 38.7. The number of para-hydroxylation sites is 1. The standard InChI is InChI=1S/C34H46N6O10SSi/c1-34(2,3)50-32(43)35-22-18-24(19-22)39(51(47,48)29-11-9-8-10-26(29)40(45)46)23-12-13-25-28(20-23)36(4)33(44)38(25)27-14-15-30(41)37(31(27)42)21-49-16-17-52(5,6)7/h8-13,20,22,24,27H,14-19,21H2,1-7H3,(H,35,43)/t22-,24-,27?. The quantitative estimate of drug-likeness (QED) is 0.0904. The number of nitrogens with zero attached hydrogens (tertiary/aromatic N) is 5. The summed E-state index contributed by atoms with van der Waals surface area (Å²) in [5.41, 5.74) is -1.12. The highest BCUT2D eigenvalue weighted by molar-refractivity contribution is 7.93. The van der Waals surface area contributed by atoms with E-state index in [0.717, 1.165) is 27.4 Å². The molecule has 3 amide bonds. The Hall–Kier alpha value is -4.55. The lowest BCUT2D eigenvalue weighted by Gasteiger charge is -2.43. The highest BCUT2D eigenvalue weighted by atomic mass is 32.2. The highest BCUT2D eigenvalue weighted by Gasteiger charge is 2.44. The lowest BCUT2D eigenvalue weighted by atomic mass is 9.86. The van der Waals surface area contributed by atoms with E-state index in [4.69, 9.17) is 9.47 Å². The zero-order chi connectivity index (χ0) is 38.3. The first-order chi connectivity index (χ1) is 24.2. The molecule has 2 aliphatic rings. The van der Waals surface area contributed by atoms with E-state index in [9.17, 15) is 37.7 Å². The molecule has 1 unspecified atom stereocenters. The number of rotatable bonds is 12. The number of nitro benzene ring substituents is 1. The molecule has 2 heterocycles. The molecule has 1 saturated carbocycles. The summed E-state index contributed by atoms with van der Waals surface area (Å²) in [5.74, 6) is -0.956. The SMILES string of the molecule is Cn1c(=O)n(C2CCC(=O)N(COCC[Si](C)(C)C)C2=O)c2ccc(N([C@H]3C[C@H](NC(=O)OC(C)(C)C)C3)S(=O)(=O)c3ccccc3[N+](=O)[O-])cc21. The first-order valence-corrected chi connectivity index (χ1v) is 22.2. The molecule has 0 spiro atoms. The number of fused-ring (bicyclic) bond motifs is 1. The summed E-state index contributed by atoms with van der Waals surface area (Å²) in [6, 6.07) is 8.24. The van der Waals surface area contributed by atoms with Gasteiger partial charge in [0.2, 0.25) is 5.91 Å². The van der Waals surface area contributed by atoms with Gasteiger partial charge >= 0.3 is 11.8 Å². The monoisotopic (exact) mass is 758 g/mol. The number of nitro groups is 1. The third kappa shape index (κ3) is 8.07. The van der Waals surface area contributed by atoms with E-state index in [1.807, 2.05) is 0 Å². The topological polar surface area (TPSA) is 192 Å². The molecule has 52 heavy (non-hydrogen) atoms. The van der Waals surface area contributed by atoms with Gasteiger partial charge in [-0.05, 0) is 70.3 Å². The fourth-order valence-electron chi connectivity index (χ4n) is 6.37. The van der Waals surface area contributed by atoms with Crippen LogP contribution in [0.3, 0.4) is 0 Å². The number of imide groups is 1. The summed E-state index contributed by atoms with van der Waals surface area (Å²) in [5, 5.41) is 14.7. The van der Waals surface area contributed by atoms with Crippen molar-refractivity contribution in [3.05, 3.63) is 63.1 Å². The van der Waals surface area contributed by atoms with Crippen LogP contribution in [0.1, 0.15) is 52.5 Å². The number of hydrogen-bond donors (Lipinski definition) is 1. The minimum Gasteiger partial charge on any atom is -0.444 e. The van der Waals surface area contributed by atoms with Crippen molar-refractivity contribution in [1.82, 2.24) is 19.4 Å². The van der Waals surface area contributed by atoms with Crippen LogP contribution in [-0.4, -0.2) is 84.4 Å². The number of anilines is 1. The van der Waals surface area contributed by atoms with Crippen LogP contribution in [0.25, 0.3) is 11.0 Å². The summed E-state index contributed by atoms with van der Waals surface area (Å²) < 4.78 is 43.5. The van der Waals surface area contributed by atoms with E-state index < -0.39 is 75.0 Å². The number of alkyl carbamates (subject to hydrolysis) is 1. The number of aromatic nitrogens is 2. The number of ether oxygens (including phenoxy) is 2. The minimum atomic E-state index is -4.57. The molecule has 16 nitrogen and oxygen atoms in total. The van der Waals surface area contributed by atoms with Crippen molar-refractivity contribution in [2.75, 3.05) is 17.6 Å². The van der Waals surface area contributed by atoms with Crippen molar-refractivity contribution in [2.45, 2.75) is 101 Å². The maximum Gasteiger partial charge on any atom is 0.407 e. The number of amides is 3. The Bertz CT molecular complexity index is 2060. The molecule has 1 aromatic heterocycles. The fourth-order valence-corrected chi connectivity index (χ4v) is 8.95. The van der Waals surface area contributed by atoms with Gasteiger partial charge in [-0.25, -0.2) is 18.0 Å². The maximum atomic E-state index is 14.4. The summed E-state index contributed by atoms with van der Waals surface area (Å²) in [6.07, 6.45) is -0.181. The number of benzene rings is 2. The Labute approximate surface area is 302 Å². The fraction of sp³-hybridized carbons (Fsp3) is 0.529. The number of hydrogen-bond acceptors (Lipinski definition) is 10. The number of piperidine rings is 1. The summed E-state index contributed by atoms with van der Waals surface area (Å²) >= 11 is 0. The molecule has 3 aromatic rings. The summed E-state index contributed by atoms with van der Waals surface area (Å²) in [6.45, 7) is 11.9. The second-order valence-corrected chi connectivity index (χ2v) is 22.8. The van der Waals surface area contributed by atoms with Crippen LogP contribution in [0.5, 0.6) is 0 Å². The summed E-state index contributed by atoms with van der Waals surface area (Å²) in [7, 11) is -4.49. The van der Waals surface area contributed by atoms with Crippen LogP contribution in [-0.2, 0) is 36.1 Å². The van der Waals surface area contributed by atoms with E-state index in [1.165, 1.54) is 46.5 Å². The Balaban J connectivity index is 1.50. The van der Waals surface area contributed by atoms with E-state index in [0.29, 0.717) is 17.6 Å². The molecule has 1 saturated heterocycles. The van der Waals surface area contributed by atoms with Gasteiger partial charge in [-0.2, -0.15) is 0 Å². The Morgan fingerprint density at radius 2 is 1.75 bits per heavy atom. The van der Waals surface area contributed by atoms with E-state index in [1.54, 1.807) is 20.8 Å². The van der Waals surface area contributed by atoms with Gasteiger partial charge in [-0.3, -0.25) is 38.0 Å². The van der Waals surface area contributed by atoms with Crippen LogP contribution < -0.4 is 15.3 Å². The second kappa shape index (κ2) is 14.5. The van der Waals surface area contributed by atoms with Gasteiger partial charge in [0.1, 0.15) is 18.4 Å². The van der Waals surface area contributed by atoms with E-state index in [-0.39, 0.29) is 44.0 Å². The smallest absolute Gasteiger partial charge is 0.407 e. The summed E-state index contributed by atoms with van der Waals surface area (Å²) in [4.78, 5) is 64.3. The number of likely N-dealkylation sites (tertiary alicyclic amines) is 1. The zero-order valence-corrected chi connectivity index (χ0v) is 32.3.